The van der Waals surface area contributed by atoms with Crippen LogP contribution in [0, 0.1) is 10.1 Å². The number of anilines is 1. The number of carboxylic acids is 1. The number of carbonyl (C=O) groups is 1. The smallest absolute Gasteiger partial charge is 0.342 e. The van der Waals surface area contributed by atoms with E-state index in [9.17, 15) is 14.9 Å². The van der Waals surface area contributed by atoms with Crippen LogP contribution in [-0.4, -0.2) is 16.0 Å². The monoisotopic (exact) mass is 356 g/mol. The Balaban J connectivity index is 2.21. The van der Waals surface area contributed by atoms with E-state index >= 15 is 0 Å². The number of rotatable bonds is 5. The SMILES string of the molecule is O=C(O)c1cc(NCc2sccc2Br)ccc1[N+](=O)[O-]. The first-order chi connectivity index (χ1) is 9.49. The molecule has 2 aromatic rings. The van der Waals surface area contributed by atoms with E-state index in [1.807, 2.05) is 11.4 Å². The number of nitrogens with one attached hydrogen (secondary N) is 1. The molecule has 8 heteroatoms. The fourth-order valence-corrected chi connectivity index (χ4v) is 3.04. The molecule has 0 aliphatic carbocycles. The second kappa shape index (κ2) is 6.02. The summed E-state index contributed by atoms with van der Waals surface area (Å²) in [6, 6.07) is 5.86. The van der Waals surface area contributed by atoms with Gasteiger partial charge in [0.2, 0.25) is 0 Å². The number of thiophene rings is 1. The van der Waals surface area contributed by atoms with Gasteiger partial charge in [-0.05, 0) is 39.5 Å². The Morgan fingerprint density at radius 1 is 1.45 bits per heavy atom. The molecule has 1 aromatic heterocycles. The fraction of sp³-hybridized carbons (Fsp3) is 0.0833. The molecule has 1 aromatic carbocycles. The predicted molar refractivity (Wildman–Crippen MR) is 79.4 cm³/mol. The zero-order valence-corrected chi connectivity index (χ0v) is 12.4. The molecule has 0 amide bonds. The molecule has 0 spiro atoms. The van der Waals surface area contributed by atoms with Crippen molar-refractivity contribution in [2.45, 2.75) is 6.54 Å². The van der Waals surface area contributed by atoms with Crippen LogP contribution in [-0.2, 0) is 6.54 Å². The minimum Gasteiger partial charge on any atom is -0.477 e. The van der Waals surface area contributed by atoms with Crippen molar-refractivity contribution in [1.82, 2.24) is 0 Å². The van der Waals surface area contributed by atoms with Crippen molar-refractivity contribution >= 4 is 44.6 Å². The Kier molecular flexibility index (Phi) is 4.35. The molecule has 0 radical (unpaired) electrons. The van der Waals surface area contributed by atoms with E-state index in [2.05, 4.69) is 21.2 Å². The third-order valence-electron chi connectivity index (χ3n) is 2.57. The lowest BCUT2D eigenvalue weighted by atomic mass is 10.1. The van der Waals surface area contributed by atoms with Gasteiger partial charge in [0, 0.05) is 21.1 Å². The highest BCUT2D eigenvalue weighted by atomic mass is 79.9. The molecular formula is C12H9BrN2O4S. The van der Waals surface area contributed by atoms with E-state index in [1.165, 1.54) is 18.2 Å². The first-order valence-electron chi connectivity index (χ1n) is 5.46. The molecule has 0 saturated carbocycles. The fourth-order valence-electron chi connectivity index (χ4n) is 1.61. The van der Waals surface area contributed by atoms with Crippen molar-refractivity contribution in [3.05, 3.63) is 54.7 Å². The van der Waals surface area contributed by atoms with E-state index in [-0.39, 0.29) is 5.56 Å². The van der Waals surface area contributed by atoms with Crippen LogP contribution in [0.2, 0.25) is 0 Å². The van der Waals surface area contributed by atoms with Crippen molar-refractivity contribution in [2.24, 2.45) is 0 Å². The van der Waals surface area contributed by atoms with Gasteiger partial charge in [0.1, 0.15) is 5.56 Å². The number of hydrogen-bond acceptors (Lipinski definition) is 5. The highest BCUT2D eigenvalue weighted by molar-refractivity contribution is 9.10. The number of nitrogens with zero attached hydrogens (tertiary/aromatic N) is 1. The Morgan fingerprint density at radius 3 is 2.75 bits per heavy atom. The summed E-state index contributed by atoms with van der Waals surface area (Å²) in [6.45, 7) is 0.509. The molecular weight excluding hydrogens is 348 g/mol. The molecule has 20 heavy (non-hydrogen) atoms. The van der Waals surface area contributed by atoms with Crippen LogP contribution in [0.15, 0.2) is 34.1 Å². The Bertz CT molecular complexity index is 671. The van der Waals surface area contributed by atoms with Crippen molar-refractivity contribution in [3.8, 4) is 0 Å². The minimum absolute atomic E-state index is 0.328. The molecule has 2 N–H and O–H groups in total. The van der Waals surface area contributed by atoms with Crippen LogP contribution < -0.4 is 5.32 Å². The van der Waals surface area contributed by atoms with Gasteiger partial charge in [-0.15, -0.1) is 11.3 Å². The summed E-state index contributed by atoms with van der Waals surface area (Å²) in [7, 11) is 0. The van der Waals surface area contributed by atoms with Gasteiger partial charge in [-0.3, -0.25) is 10.1 Å². The molecule has 0 unspecified atom stereocenters. The van der Waals surface area contributed by atoms with Crippen LogP contribution in [0.25, 0.3) is 0 Å². The number of benzene rings is 1. The van der Waals surface area contributed by atoms with Gasteiger partial charge in [0.25, 0.3) is 5.69 Å². The highest BCUT2D eigenvalue weighted by Crippen LogP contribution is 2.26. The van der Waals surface area contributed by atoms with Crippen LogP contribution in [0.3, 0.4) is 0 Å². The number of aromatic carboxylic acids is 1. The predicted octanol–water partition coefficient (Wildman–Crippen LogP) is 3.73. The van der Waals surface area contributed by atoms with Gasteiger partial charge < -0.3 is 10.4 Å². The zero-order valence-electron chi connectivity index (χ0n) is 10.00. The molecule has 0 aliphatic heterocycles. The molecule has 0 aliphatic rings. The highest BCUT2D eigenvalue weighted by Gasteiger charge is 2.19. The van der Waals surface area contributed by atoms with E-state index in [1.54, 1.807) is 11.3 Å². The summed E-state index contributed by atoms with van der Waals surface area (Å²) < 4.78 is 0.968. The molecule has 0 bridgehead atoms. The van der Waals surface area contributed by atoms with Crippen molar-refractivity contribution in [2.75, 3.05) is 5.32 Å². The molecule has 2 rings (SSSR count). The number of carboxylic acid groups (broad SMARTS) is 1. The third kappa shape index (κ3) is 3.14. The van der Waals surface area contributed by atoms with E-state index in [4.69, 9.17) is 5.11 Å². The first-order valence-corrected chi connectivity index (χ1v) is 7.14. The van der Waals surface area contributed by atoms with Crippen molar-refractivity contribution in [3.63, 3.8) is 0 Å². The van der Waals surface area contributed by atoms with E-state index in [0.29, 0.717) is 12.2 Å². The number of halogens is 1. The Hall–Kier alpha value is -1.93. The summed E-state index contributed by atoms with van der Waals surface area (Å²) in [4.78, 5) is 22.1. The maximum atomic E-state index is 11.0. The quantitative estimate of drug-likeness (QED) is 0.628. The lowest BCUT2D eigenvalue weighted by Crippen LogP contribution is -2.05. The van der Waals surface area contributed by atoms with E-state index < -0.39 is 16.6 Å². The van der Waals surface area contributed by atoms with Gasteiger partial charge in [0.05, 0.1) is 11.5 Å². The average Bonchev–Trinajstić information content (AvgIpc) is 2.81. The van der Waals surface area contributed by atoms with Crippen LogP contribution in [0.5, 0.6) is 0 Å². The van der Waals surface area contributed by atoms with Crippen LogP contribution in [0.4, 0.5) is 11.4 Å². The van der Waals surface area contributed by atoms with Gasteiger partial charge in [-0.25, -0.2) is 4.79 Å². The summed E-state index contributed by atoms with van der Waals surface area (Å²) >= 11 is 4.95. The average molecular weight is 357 g/mol. The lowest BCUT2D eigenvalue weighted by molar-refractivity contribution is -0.385. The van der Waals surface area contributed by atoms with Gasteiger partial charge in [-0.1, -0.05) is 0 Å². The largest absolute Gasteiger partial charge is 0.477 e. The van der Waals surface area contributed by atoms with Crippen molar-refractivity contribution < 1.29 is 14.8 Å². The molecule has 1 heterocycles. The topological polar surface area (TPSA) is 92.5 Å². The minimum atomic E-state index is -1.32. The zero-order chi connectivity index (χ0) is 14.7. The third-order valence-corrected chi connectivity index (χ3v) is 4.49. The molecule has 104 valence electrons. The molecule has 6 nitrogen and oxygen atoms in total. The standard InChI is InChI=1S/C12H9BrN2O4S/c13-9-3-4-20-11(9)6-14-7-1-2-10(15(18)19)8(5-7)12(16)17/h1-5,14H,6H2,(H,16,17). The van der Waals surface area contributed by atoms with E-state index in [0.717, 1.165) is 9.35 Å². The summed E-state index contributed by atoms with van der Waals surface area (Å²) in [5, 5.41) is 24.7. The van der Waals surface area contributed by atoms with Gasteiger partial charge >= 0.3 is 5.97 Å². The second-order valence-corrected chi connectivity index (χ2v) is 5.69. The van der Waals surface area contributed by atoms with Crippen molar-refractivity contribution in [1.29, 1.82) is 0 Å². The normalized spacial score (nSPS) is 10.2. The Morgan fingerprint density at radius 2 is 2.20 bits per heavy atom. The lowest BCUT2D eigenvalue weighted by Gasteiger charge is -2.07. The van der Waals surface area contributed by atoms with Crippen LogP contribution >= 0.6 is 27.3 Å². The Labute approximate surface area is 126 Å². The molecule has 0 fully saturated rings. The number of hydrogen-bond donors (Lipinski definition) is 2. The molecule has 0 atom stereocenters. The van der Waals surface area contributed by atoms with Gasteiger partial charge in [-0.2, -0.15) is 0 Å². The summed E-state index contributed by atoms with van der Waals surface area (Å²) in [5.74, 6) is -1.32. The molecule has 0 saturated heterocycles. The number of nitro groups is 1. The van der Waals surface area contributed by atoms with Crippen LogP contribution in [0.1, 0.15) is 15.2 Å². The van der Waals surface area contributed by atoms with Gasteiger partial charge in [0.15, 0.2) is 0 Å². The maximum Gasteiger partial charge on any atom is 0.342 e. The number of nitro benzene ring substituents is 1. The first kappa shape index (κ1) is 14.5. The maximum absolute atomic E-state index is 11.0. The summed E-state index contributed by atoms with van der Waals surface area (Å²) in [6.07, 6.45) is 0. The second-order valence-electron chi connectivity index (χ2n) is 3.84. The summed E-state index contributed by atoms with van der Waals surface area (Å²) in [5.41, 5.74) is -0.223.